The molecular formula is C41H43Cl2FN8O5. The fraction of sp³-hybridized carbons (Fsp3) is 0.415. The number of benzene rings is 2. The first-order chi connectivity index (χ1) is 27.4. The number of hydrogen-bond acceptors (Lipinski definition) is 10. The number of aromatic nitrogens is 3. The van der Waals surface area contributed by atoms with Crippen LogP contribution in [0.3, 0.4) is 0 Å². The molecule has 0 spiro atoms. The van der Waals surface area contributed by atoms with E-state index < -0.39 is 41.6 Å². The number of halogens is 3. The Morgan fingerprint density at radius 2 is 1.77 bits per heavy atom. The van der Waals surface area contributed by atoms with E-state index in [0.29, 0.717) is 22.3 Å². The third-order valence-corrected chi connectivity index (χ3v) is 12.3. The Morgan fingerprint density at radius 3 is 2.56 bits per heavy atom. The molecule has 4 amide bonds. The Hall–Kier alpha value is -5.05. The van der Waals surface area contributed by atoms with Crippen molar-refractivity contribution in [3.05, 3.63) is 87.5 Å². The van der Waals surface area contributed by atoms with Gasteiger partial charge in [0.15, 0.2) is 11.6 Å². The van der Waals surface area contributed by atoms with Crippen LogP contribution < -0.4 is 21.1 Å². The zero-order valence-corrected chi connectivity index (χ0v) is 32.9. The quantitative estimate of drug-likeness (QED) is 0.114. The Morgan fingerprint density at radius 1 is 0.982 bits per heavy atom. The average molecular weight is 818 g/mol. The van der Waals surface area contributed by atoms with Gasteiger partial charge in [-0.05, 0) is 101 Å². The topological polar surface area (TPSA) is 165 Å². The molecule has 1 aliphatic carbocycles. The van der Waals surface area contributed by atoms with Gasteiger partial charge >= 0.3 is 0 Å². The van der Waals surface area contributed by atoms with E-state index in [0.717, 1.165) is 79.9 Å². The Labute approximate surface area is 339 Å². The summed E-state index contributed by atoms with van der Waals surface area (Å²) in [6, 6.07) is 9.10. The smallest absolute Gasteiger partial charge is 0.262 e. The molecule has 57 heavy (non-hydrogen) atoms. The second-order valence-corrected chi connectivity index (χ2v) is 16.2. The number of imide groups is 2. The Bertz CT molecular complexity index is 2240. The number of nitrogens with one attached hydrogen (secondary N) is 2. The van der Waals surface area contributed by atoms with Crippen LogP contribution in [0.5, 0.6) is 5.75 Å². The number of nitrogens with two attached hydrogens (primary N) is 1. The van der Waals surface area contributed by atoms with Crippen LogP contribution in [0.25, 0.3) is 11.1 Å². The van der Waals surface area contributed by atoms with Gasteiger partial charge in [0.2, 0.25) is 11.8 Å². The maximum Gasteiger partial charge on any atom is 0.262 e. The van der Waals surface area contributed by atoms with Gasteiger partial charge in [-0.2, -0.15) is 5.10 Å². The maximum absolute atomic E-state index is 14.2. The third-order valence-electron chi connectivity index (χ3n) is 11.6. The number of likely N-dealkylation sites (tertiary alicyclic amines) is 1. The summed E-state index contributed by atoms with van der Waals surface area (Å²) in [5.74, 6) is -1.53. The summed E-state index contributed by atoms with van der Waals surface area (Å²) >= 11 is 12.5. The maximum atomic E-state index is 14.2. The van der Waals surface area contributed by atoms with Crippen molar-refractivity contribution in [3.63, 3.8) is 0 Å². The second kappa shape index (κ2) is 16.1. The number of rotatable bonds is 10. The summed E-state index contributed by atoms with van der Waals surface area (Å²) in [6.07, 6.45) is 11.3. The molecule has 8 rings (SSSR count). The molecule has 298 valence electrons. The van der Waals surface area contributed by atoms with Crippen LogP contribution in [0, 0.1) is 11.7 Å². The van der Waals surface area contributed by atoms with E-state index in [9.17, 15) is 23.6 Å². The lowest BCUT2D eigenvalue weighted by atomic mass is 9.85. The SMILES string of the molecule is C[C@@H](Oc1cc(-c2cnn(C3CCC(CN4CCC[C@@H](Nc5ccc6c(c5)C(=O)N(C5CCC(=O)NC5=O)C6=O)C4)CC3)c2)cnc1N)c1c(Cl)ccc(F)c1Cl. The fourth-order valence-electron chi connectivity index (χ4n) is 8.65. The molecule has 4 aliphatic rings. The van der Waals surface area contributed by atoms with Gasteiger partial charge in [-0.25, -0.2) is 9.37 Å². The number of amides is 4. The zero-order valence-electron chi connectivity index (χ0n) is 31.3. The summed E-state index contributed by atoms with van der Waals surface area (Å²) in [7, 11) is 0. The van der Waals surface area contributed by atoms with Crippen LogP contribution in [0.2, 0.25) is 10.0 Å². The Balaban J connectivity index is 0.837. The van der Waals surface area contributed by atoms with Crippen molar-refractivity contribution in [3.8, 4) is 16.9 Å². The normalized spacial score (nSPS) is 23.3. The van der Waals surface area contributed by atoms with E-state index in [1.54, 1.807) is 31.3 Å². The van der Waals surface area contributed by atoms with Gasteiger partial charge < -0.3 is 20.7 Å². The molecule has 2 aromatic carbocycles. The van der Waals surface area contributed by atoms with Gasteiger partial charge in [0.25, 0.3) is 11.8 Å². The van der Waals surface area contributed by atoms with E-state index in [-0.39, 0.29) is 46.9 Å². The summed E-state index contributed by atoms with van der Waals surface area (Å²) < 4.78 is 22.3. The van der Waals surface area contributed by atoms with Gasteiger partial charge in [-0.15, -0.1) is 0 Å². The standard InChI is InChI=1S/C41H43Cl2FN8O5/c1-22(36-31(42)10-11-32(44)37(36)43)57-34-15-24(17-46-38(34)45)25-18-47-51(20-25)28-7-4-23(5-8-28)19-50-14-2-3-27(21-50)48-26-6-9-29-30(16-26)41(56)52(40(29)55)33-12-13-35(53)49-39(33)54/h6,9-11,15-18,20,22-23,27-28,33,48H,2-5,7-8,12-14,19,21H2,1H3,(H2,45,46)(H,49,53,54)/t22-,23?,27-,28?,33?/m1/s1. The van der Waals surface area contributed by atoms with Crippen molar-refractivity contribution in [1.29, 1.82) is 0 Å². The zero-order chi connectivity index (χ0) is 40.0. The minimum atomic E-state index is -0.987. The number of pyridine rings is 1. The molecule has 3 atom stereocenters. The van der Waals surface area contributed by atoms with E-state index in [1.165, 1.54) is 12.1 Å². The van der Waals surface area contributed by atoms with E-state index in [2.05, 4.69) is 20.5 Å². The molecule has 3 fully saturated rings. The molecule has 2 aromatic heterocycles. The van der Waals surface area contributed by atoms with Crippen molar-refractivity contribution in [1.82, 2.24) is 29.9 Å². The molecule has 4 N–H and O–H groups in total. The first kappa shape index (κ1) is 38.8. The number of hydrogen-bond donors (Lipinski definition) is 3. The molecule has 2 saturated heterocycles. The number of nitrogens with zero attached hydrogens (tertiary/aromatic N) is 5. The highest BCUT2D eigenvalue weighted by Gasteiger charge is 2.44. The third kappa shape index (κ3) is 7.95. The molecule has 1 unspecified atom stereocenters. The first-order valence-corrected chi connectivity index (χ1v) is 20.1. The van der Waals surface area contributed by atoms with Gasteiger partial charge in [0.1, 0.15) is 18.0 Å². The van der Waals surface area contributed by atoms with Crippen molar-refractivity contribution in [2.24, 2.45) is 5.92 Å². The molecular weight excluding hydrogens is 774 g/mol. The van der Waals surface area contributed by atoms with Crippen molar-refractivity contribution < 1.29 is 28.3 Å². The van der Waals surface area contributed by atoms with Crippen LogP contribution >= 0.6 is 23.2 Å². The summed E-state index contributed by atoms with van der Waals surface area (Å²) in [4.78, 5) is 58.4. The van der Waals surface area contributed by atoms with Crippen LogP contribution in [0.1, 0.15) is 96.7 Å². The lowest BCUT2D eigenvalue weighted by molar-refractivity contribution is -0.136. The number of carbonyl (C=O) groups excluding carboxylic acids is 4. The monoisotopic (exact) mass is 816 g/mol. The van der Waals surface area contributed by atoms with Gasteiger partial charge in [0.05, 0.1) is 28.4 Å². The van der Waals surface area contributed by atoms with Crippen LogP contribution in [-0.4, -0.2) is 79.9 Å². The molecule has 0 radical (unpaired) electrons. The number of anilines is 2. The average Bonchev–Trinajstić information content (AvgIpc) is 3.77. The minimum absolute atomic E-state index is 0.0821. The molecule has 16 heteroatoms. The molecule has 5 heterocycles. The van der Waals surface area contributed by atoms with Crippen LogP contribution in [-0.2, 0) is 9.59 Å². The van der Waals surface area contributed by atoms with E-state index in [1.807, 2.05) is 23.1 Å². The lowest BCUT2D eigenvalue weighted by Crippen LogP contribution is -2.54. The summed E-state index contributed by atoms with van der Waals surface area (Å²) in [6.45, 7) is 4.63. The highest BCUT2D eigenvalue weighted by atomic mass is 35.5. The number of carbonyl (C=O) groups is 4. The second-order valence-electron chi connectivity index (χ2n) is 15.5. The lowest BCUT2D eigenvalue weighted by Gasteiger charge is -2.37. The summed E-state index contributed by atoms with van der Waals surface area (Å²) in [5, 5.41) is 10.7. The van der Waals surface area contributed by atoms with Crippen LogP contribution in [0.15, 0.2) is 55.0 Å². The Kier molecular flexibility index (Phi) is 10.9. The van der Waals surface area contributed by atoms with Gasteiger partial charge in [-0.1, -0.05) is 23.2 Å². The van der Waals surface area contributed by atoms with E-state index >= 15 is 0 Å². The molecule has 3 aliphatic heterocycles. The number of fused-ring (bicyclic) bond motifs is 1. The van der Waals surface area contributed by atoms with Gasteiger partial charge in [0, 0.05) is 65.3 Å². The van der Waals surface area contributed by atoms with Crippen molar-refractivity contribution >= 4 is 58.3 Å². The van der Waals surface area contributed by atoms with E-state index in [4.69, 9.17) is 38.8 Å². The predicted molar refractivity (Wildman–Crippen MR) is 213 cm³/mol. The number of ether oxygens (including phenoxy) is 1. The molecule has 13 nitrogen and oxygen atoms in total. The van der Waals surface area contributed by atoms with Crippen molar-refractivity contribution in [2.75, 3.05) is 30.7 Å². The minimum Gasteiger partial charge on any atom is -0.482 e. The van der Waals surface area contributed by atoms with Crippen molar-refractivity contribution in [2.45, 2.75) is 82.5 Å². The molecule has 0 bridgehead atoms. The molecule has 4 aromatic rings. The fourth-order valence-corrected chi connectivity index (χ4v) is 9.33. The largest absolute Gasteiger partial charge is 0.482 e. The predicted octanol–water partition coefficient (Wildman–Crippen LogP) is 6.82. The van der Waals surface area contributed by atoms with Crippen LogP contribution in [0.4, 0.5) is 15.9 Å². The number of piperidine rings is 2. The highest BCUT2D eigenvalue weighted by Crippen LogP contribution is 2.38. The first-order valence-electron chi connectivity index (χ1n) is 19.4. The molecule has 1 saturated carbocycles. The summed E-state index contributed by atoms with van der Waals surface area (Å²) in [5.41, 5.74) is 9.46. The van der Waals surface area contributed by atoms with Gasteiger partial charge in [-0.3, -0.25) is 34.1 Å². The number of nitrogen functional groups attached to an aromatic ring is 1. The highest BCUT2D eigenvalue weighted by molar-refractivity contribution is 6.36.